The van der Waals surface area contributed by atoms with Gasteiger partial charge in [0.25, 0.3) is 5.91 Å². The van der Waals surface area contributed by atoms with Crippen LogP contribution in [-0.4, -0.2) is 29.1 Å². The van der Waals surface area contributed by atoms with Crippen LogP contribution in [0.15, 0.2) is 18.2 Å². The summed E-state index contributed by atoms with van der Waals surface area (Å²) in [5.74, 6) is 2.73. The topological polar surface area (TPSA) is 56.2 Å². The van der Waals surface area contributed by atoms with Gasteiger partial charge >= 0.3 is 0 Å². The summed E-state index contributed by atoms with van der Waals surface area (Å²) in [5, 5.41) is 3.42. The molecular formula is C26H38ClN3O2. The number of methoxy groups -OCH3 is 1. The Morgan fingerprint density at radius 1 is 1.25 bits per heavy atom. The molecule has 2 aromatic rings. The molecule has 1 aliphatic rings. The Morgan fingerprint density at radius 3 is 2.53 bits per heavy atom. The van der Waals surface area contributed by atoms with Gasteiger partial charge in [-0.25, -0.2) is 4.98 Å². The van der Waals surface area contributed by atoms with E-state index in [-0.39, 0.29) is 11.3 Å². The Labute approximate surface area is 197 Å². The Morgan fingerprint density at radius 2 is 1.94 bits per heavy atom. The second-order valence-electron chi connectivity index (χ2n) is 10.4. The van der Waals surface area contributed by atoms with Crippen LogP contribution >= 0.6 is 11.6 Å². The van der Waals surface area contributed by atoms with Crippen molar-refractivity contribution < 1.29 is 9.53 Å². The minimum absolute atomic E-state index is 0.150. The van der Waals surface area contributed by atoms with Crippen LogP contribution in [0.5, 0.6) is 5.75 Å². The summed E-state index contributed by atoms with van der Waals surface area (Å²) in [7, 11) is 1.69. The third-order valence-electron chi connectivity index (χ3n) is 6.36. The number of halogens is 1. The molecule has 32 heavy (non-hydrogen) atoms. The molecule has 1 aliphatic carbocycles. The van der Waals surface area contributed by atoms with Crippen molar-refractivity contribution in [1.29, 1.82) is 0 Å². The number of nitrogens with one attached hydrogen (secondary N) is 1. The Hall–Kier alpha value is -2.01. The van der Waals surface area contributed by atoms with Gasteiger partial charge in [0.1, 0.15) is 16.7 Å². The average molecular weight is 460 g/mol. The summed E-state index contributed by atoms with van der Waals surface area (Å²) < 4.78 is 7.54. The van der Waals surface area contributed by atoms with Crippen LogP contribution in [0.3, 0.4) is 0 Å². The quantitative estimate of drug-likeness (QED) is 0.533. The maximum atomic E-state index is 12.9. The van der Waals surface area contributed by atoms with Crippen molar-refractivity contribution in [3.8, 4) is 11.4 Å². The summed E-state index contributed by atoms with van der Waals surface area (Å²) in [5.41, 5.74) is 2.45. The van der Waals surface area contributed by atoms with Gasteiger partial charge in [0.15, 0.2) is 5.69 Å². The summed E-state index contributed by atoms with van der Waals surface area (Å²) in [4.78, 5) is 17.5. The highest BCUT2D eigenvalue weighted by atomic mass is 35.5. The van der Waals surface area contributed by atoms with E-state index in [9.17, 15) is 4.79 Å². The van der Waals surface area contributed by atoms with Gasteiger partial charge in [-0.15, -0.1) is 0 Å². The van der Waals surface area contributed by atoms with Gasteiger partial charge in [-0.05, 0) is 48.1 Å². The summed E-state index contributed by atoms with van der Waals surface area (Å²) in [6, 6.07) is 6.10. The van der Waals surface area contributed by atoms with Crippen LogP contribution in [0.25, 0.3) is 5.69 Å². The van der Waals surface area contributed by atoms with E-state index in [1.54, 1.807) is 7.11 Å². The number of aromatic nitrogens is 2. The van der Waals surface area contributed by atoms with Crippen LogP contribution in [0.2, 0.25) is 5.15 Å². The monoisotopic (exact) mass is 459 g/mol. The van der Waals surface area contributed by atoms with E-state index in [4.69, 9.17) is 16.3 Å². The number of aryl methyl sites for hydroxylation is 1. The second-order valence-corrected chi connectivity index (χ2v) is 10.8. The van der Waals surface area contributed by atoms with Crippen LogP contribution in [0.1, 0.15) is 82.2 Å². The molecule has 3 rings (SSSR count). The maximum absolute atomic E-state index is 12.9. The lowest BCUT2D eigenvalue weighted by Crippen LogP contribution is -2.31. The number of hydrogen-bond donors (Lipinski definition) is 1. The molecule has 0 spiro atoms. The van der Waals surface area contributed by atoms with Crippen molar-refractivity contribution in [3.05, 3.63) is 40.4 Å². The largest absolute Gasteiger partial charge is 0.496 e. The van der Waals surface area contributed by atoms with Crippen molar-refractivity contribution >= 4 is 17.5 Å². The molecule has 1 saturated carbocycles. The van der Waals surface area contributed by atoms with Crippen LogP contribution in [-0.2, 0) is 12.8 Å². The molecule has 0 unspecified atom stereocenters. The van der Waals surface area contributed by atoms with Gasteiger partial charge in [0, 0.05) is 19.0 Å². The molecule has 176 valence electrons. The van der Waals surface area contributed by atoms with Gasteiger partial charge < -0.3 is 10.1 Å². The van der Waals surface area contributed by atoms with E-state index in [0.29, 0.717) is 29.7 Å². The van der Waals surface area contributed by atoms with E-state index in [1.165, 1.54) is 25.7 Å². The van der Waals surface area contributed by atoms with E-state index in [0.717, 1.165) is 35.2 Å². The average Bonchev–Trinajstić information content (AvgIpc) is 3.08. The molecule has 1 fully saturated rings. The molecule has 1 heterocycles. The highest BCUT2D eigenvalue weighted by Crippen LogP contribution is 2.32. The van der Waals surface area contributed by atoms with Crippen molar-refractivity contribution in [2.75, 3.05) is 13.7 Å². The Kier molecular flexibility index (Phi) is 7.92. The van der Waals surface area contributed by atoms with Gasteiger partial charge in [-0.3, -0.25) is 9.36 Å². The number of hydrogen-bond acceptors (Lipinski definition) is 3. The number of carbonyl (C=O) groups excluding carboxylic acids is 1. The van der Waals surface area contributed by atoms with Crippen molar-refractivity contribution in [2.24, 2.45) is 17.3 Å². The molecule has 0 aliphatic heterocycles. The van der Waals surface area contributed by atoms with Crippen LogP contribution in [0.4, 0.5) is 0 Å². The van der Waals surface area contributed by atoms with E-state index < -0.39 is 0 Å². The number of carbonyl (C=O) groups is 1. The third-order valence-corrected chi connectivity index (χ3v) is 6.71. The number of imidazole rings is 1. The Balaban J connectivity index is 1.83. The van der Waals surface area contributed by atoms with Crippen LogP contribution in [0, 0.1) is 17.3 Å². The molecule has 1 aromatic carbocycles. The van der Waals surface area contributed by atoms with Gasteiger partial charge in [0.05, 0.1) is 12.8 Å². The molecule has 1 aromatic heterocycles. The molecule has 0 saturated heterocycles. The SMILES string of the molecule is CCc1nc(C(=O)NCC2CCC(C)CC2)c(Cl)n1-c1ccc(CC(C)(C)C)c(OC)c1. The lowest BCUT2D eigenvalue weighted by Gasteiger charge is -2.26. The number of amides is 1. The molecule has 0 radical (unpaired) electrons. The molecule has 1 amide bonds. The molecular weight excluding hydrogens is 422 g/mol. The van der Waals surface area contributed by atoms with Gasteiger partial charge in [-0.2, -0.15) is 0 Å². The number of benzene rings is 1. The van der Waals surface area contributed by atoms with Crippen molar-refractivity contribution in [2.45, 2.75) is 73.1 Å². The zero-order valence-corrected chi connectivity index (χ0v) is 21.2. The first kappa shape index (κ1) is 24.6. The first-order valence-corrected chi connectivity index (χ1v) is 12.2. The maximum Gasteiger partial charge on any atom is 0.273 e. The second kappa shape index (κ2) is 10.3. The summed E-state index contributed by atoms with van der Waals surface area (Å²) in [6.07, 6.45) is 6.39. The molecule has 0 atom stereocenters. The van der Waals surface area contributed by atoms with E-state index >= 15 is 0 Å². The third kappa shape index (κ3) is 5.86. The zero-order chi connectivity index (χ0) is 23.5. The number of rotatable bonds is 7. The fourth-order valence-corrected chi connectivity index (χ4v) is 4.86. The normalized spacial score (nSPS) is 19.1. The summed E-state index contributed by atoms with van der Waals surface area (Å²) >= 11 is 6.72. The zero-order valence-electron chi connectivity index (χ0n) is 20.4. The smallest absolute Gasteiger partial charge is 0.273 e. The molecule has 1 N–H and O–H groups in total. The highest BCUT2D eigenvalue weighted by molar-refractivity contribution is 6.32. The van der Waals surface area contributed by atoms with Crippen LogP contribution < -0.4 is 10.1 Å². The minimum atomic E-state index is -0.196. The molecule has 0 bridgehead atoms. The first-order chi connectivity index (χ1) is 15.1. The summed E-state index contributed by atoms with van der Waals surface area (Å²) in [6.45, 7) is 11.6. The lowest BCUT2D eigenvalue weighted by molar-refractivity contribution is 0.0937. The Bertz CT molecular complexity index is 937. The predicted octanol–water partition coefficient (Wildman–Crippen LogP) is 6.24. The fourth-order valence-electron chi connectivity index (χ4n) is 4.53. The highest BCUT2D eigenvalue weighted by Gasteiger charge is 2.24. The van der Waals surface area contributed by atoms with E-state index in [1.807, 2.05) is 23.6 Å². The number of nitrogens with zero attached hydrogens (tertiary/aromatic N) is 2. The van der Waals surface area contributed by atoms with Gasteiger partial charge in [0.2, 0.25) is 0 Å². The first-order valence-electron chi connectivity index (χ1n) is 11.9. The van der Waals surface area contributed by atoms with Crippen molar-refractivity contribution in [1.82, 2.24) is 14.9 Å². The van der Waals surface area contributed by atoms with Gasteiger partial charge in [-0.1, -0.05) is 65.1 Å². The van der Waals surface area contributed by atoms with Crippen molar-refractivity contribution in [3.63, 3.8) is 0 Å². The molecule has 5 nitrogen and oxygen atoms in total. The minimum Gasteiger partial charge on any atom is -0.496 e. The predicted molar refractivity (Wildman–Crippen MR) is 131 cm³/mol. The molecule has 6 heteroatoms. The lowest BCUT2D eigenvalue weighted by atomic mass is 9.83. The van der Waals surface area contributed by atoms with E-state index in [2.05, 4.69) is 44.1 Å². The fraction of sp³-hybridized carbons (Fsp3) is 0.615. The number of ether oxygens (including phenoxy) is 1. The standard InChI is InChI=1S/C26H38ClN3O2/c1-7-22-29-23(25(31)28-16-18-10-8-17(2)9-11-18)24(27)30(22)20-13-12-19(15-26(3,4)5)21(14-20)32-6/h12-14,17-18H,7-11,15-16H2,1-6H3,(H,28,31).